The predicted molar refractivity (Wildman–Crippen MR) is 106 cm³/mol. The lowest BCUT2D eigenvalue weighted by molar-refractivity contribution is -0.136. The van der Waals surface area contributed by atoms with Gasteiger partial charge in [0.15, 0.2) is 0 Å². The van der Waals surface area contributed by atoms with Crippen molar-refractivity contribution in [3.63, 3.8) is 0 Å². The van der Waals surface area contributed by atoms with Gasteiger partial charge < -0.3 is 10.2 Å². The van der Waals surface area contributed by atoms with E-state index in [4.69, 9.17) is 0 Å². The second-order valence-corrected chi connectivity index (χ2v) is 9.52. The highest BCUT2D eigenvalue weighted by atomic mass is 32.2. The van der Waals surface area contributed by atoms with Crippen LogP contribution >= 0.6 is 11.8 Å². The van der Waals surface area contributed by atoms with Gasteiger partial charge in [0, 0.05) is 44.7 Å². The first-order chi connectivity index (χ1) is 13.6. The summed E-state index contributed by atoms with van der Waals surface area (Å²) in [6.45, 7) is 4.49. The van der Waals surface area contributed by atoms with Crippen molar-refractivity contribution in [1.29, 1.82) is 0 Å². The summed E-state index contributed by atoms with van der Waals surface area (Å²) in [5, 5.41) is 5.76. The molecule has 3 fully saturated rings. The second kappa shape index (κ2) is 6.86. The number of nitrogens with one attached hydrogen (secondary N) is 2. The molecule has 3 saturated heterocycles. The van der Waals surface area contributed by atoms with Crippen molar-refractivity contribution in [2.24, 2.45) is 0 Å². The van der Waals surface area contributed by atoms with Gasteiger partial charge in [0.1, 0.15) is 6.04 Å². The molecule has 8 heteroatoms. The van der Waals surface area contributed by atoms with E-state index >= 15 is 0 Å². The molecule has 0 saturated carbocycles. The number of rotatable bonds is 3. The number of hydrogen-bond acceptors (Lipinski definition) is 6. The van der Waals surface area contributed by atoms with Gasteiger partial charge in [-0.15, -0.1) is 11.8 Å². The lowest BCUT2D eigenvalue weighted by Gasteiger charge is -2.52. The van der Waals surface area contributed by atoms with Crippen LogP contribution in [0, 0.1) is 0 Å². The van der Waals surface area contributed by atoms with Gasteiger partial charge in [0.05, 0.1) is 4.87 Å². The third-order valence-electron chi connectivity index (χ3n) is 6.28. The fourth-order valence-corrected chi connectivity index (χ4v) is 6.05. The van der Waals surface area contributed by atoms with Crippen molar-refractivity contribution in [2.75, 3.05) is 25.4 Å². The minimum absolute atomic E-state index is 0.107. The van der Waals surface area contributed by atoms with Crippen LogP contribution in [0.15, 0.2) is 18.2 Å². The number of benzene rings is 1. The summed E-state index contributed by atoms with van der Waals surface area (Å²) in [5.74, 6) is 0.496. The topological polar surface area (TPSA) is 81.8 Å². The molecule has 2 N–H and O–H groups in total. The van der Waals surface area contributed by atoms with Crippen molar-refractivity contribution in [3.05, 3.63) is 34.9 Å². The summed E-state index contributed by atoms with van der Waals surface area (Å²) in [6, 6.07) is 5.52. The molecular weight excluding hydrogens is 376 g/mol. The normalized spacial score (nSPS) is 26.9. The number of imide groups is 1. The maximum Gasteiger partial charge on any atom is 0.255 e. The molecule has 4 heterocycles. The Bertz CT molecular complexity index is 854. The zero-order chi connectivity index (χ0) is 19.3. The number of carbonyl (C=O) groups excluding carboxylic acids is 3. The largest absolute Gasteiger partial charge is 0.322 e. The molecule has 0 aliphatic carbocycles. The fourth-order valence-electron chi connectivity index (χ4n) is 4.65. The molecule has 1 unspecified atom stereocenters. The van der Waals surface area contributed by atoms with Crippen LogP contribution in [0.4, 0.5) is 0 Å². The van der Waals surface area contributed by atoms with Gasteiger partial charge in [0.25, 0.3) is 5.91 Å². The van der Waals surface area contributed by atoms with E-state index in [0.717, 1.165) is 31.7 Å². The number of fused-ring (bicyclic) bond motifs is 1. The second-order valence-electron chi connectivity index (χ2n) is 8.06. The first kappa shape index (κ1) is 18.1. The van der Waals surface area contributed by atoms with Crippen molar-refractivity contribution < 1.29 is 14.4 Å². The number of carbonyl (C=O) groups is 3. The first-order valence-corrected chi connectivity index (χ1v) is 10.9. The summed E-state index contributed by atoms with van der Waals surface area (Å²) in [7, 11) is 0. The van der Waals surface area contributed by atoms with Crippen LogP contribution in [-0.2, 0) is 22.7 Å². The lowest BCUT2D eigenvalue weighted by atomic mass is 10.0. The Morgan fingerprint density at radius 2 is 2.07 bits per heavy atom. The summed E-state index contributed by atoms with van der Waals surface area (Å²) in [4.78, 5) is 40.8. The summed E-state index contributed by atoms with van der Waals surface area (Å²) in [5.41, 5.74) is 2.88. The van der Waals surface area contributed by atoms with E-state index in [1.807, 2.05) is 12.1 Å². The van der Waals surface area contributed by atoms with Gasteiger partial charge in [0.2, 0.25) is 11.8 Å². The summed E-state index contributed by atoms with van der Waals surface area (Å²) >= 11 is 2.05. The Morgan fingerprint density at radius 1 is 1.21 bits per heavy atom. The Labute approximate surface area is 168 Å². The molecule has 28 heavy (non-hydrogen) atoms. The van der Waals surface area contributed by atoms with Crippen LogP contribution < -0.4 is 10.6 Å². The van der Waals surface area contributed by atoms with Crippen molar-refractivity contribution in [2.45, 2.75) is 43.3 Å². The summed E-state index contributed by atoms with van der Waals surface area (Å²) in [6.07, 6.45) is 1.89. The van der Waals surface area contributed by atoms with Gasteiger partial charge in [-0.2, -0.15) is 0 Å². The van der Waals surface area contributed by atoms with Gasteiger partial charge in [-0.1, -0.05) is 12.1 Å². The average Bonchev–Trinajstić information content (AvgIpc) is 2.97. The molecule has 0 radical (unpaired) electrons. The van der Waals surface area contributed by atoms with E-state index in [-0.39, 0.29) is 29.0 Å². The predicted octanol–water partition coefficient (Wildman–Crippen LogP) is 0.686. The van der Waals surface area contributed by atoms with Gasteiger partial charge in [-0.3, -0.25) is 24.6 Å². The van der Waals surface area contributed by atoms with Crippen LogP contribution in [0.25, 0.3) is 0 Å². The van der Waals surface area contributed by atoms with Gasteiger partial charge >= 0.3 is 0 Å². The van der Waals surface area contributed by atoms with Crippen LogP contribution in [-0.4, -0.2) is 63.8 Å². The highest BCUT2D eigenvalue weighted by Gasteiger charge is 2.45. The number of thioether (sulfide) groups is 1. The molecule has 1 spiro atoms. The summed E-state index contributed by atoms with van der Waals surface area (Å²) < 4.78 is 0. The molecule has 3 amide bonds. The molecule has 4 aliphatic heterocycles. The number of amides is 3. The minimum Gasteiger partial charge on any atom is -0.322 e. The highest BCUT2D eigenvalue weighted by molar-refractivity contribution is 8.00. The monoisotopic (exact) mass is 400 g/mol. The Kier molecular flexibility index (Phi) is 4.45. The van der Waals surface area contributed by atoms with Crippen LogP contribution in [0.1, 0.15) is 40.7 Å². The first-order valence-electron chi connectivity index (χ1n) is 9.92. The highest BCUT2D eigenvalue weighted by Crippen LogP contribution is 2.39. The maximum atomic E-state index is 12.8. The molecule has 1 aromatic rings. The van der Waals surface area contributed by atoms with Crippen LogP contribution in [0.2, 0.25) is 0 Å². The molecular formula is C20H24N4O3S. The van der Waals surface area contributed by atoms with E-state index in [2.05, 4.69) is 33.4 Å². The molecule has 148 valence electrons. The third kappa shape index (κ3) is 2.94. The lowest BCUT2D eigenvalue weighted by Crippen LogP contribution is -2.68. The van der Waals surface area contributed by atoms with Crippen LogP contribution in [0.3, 0.4) is 0 Å². The molecule has 7 nitrogen and oxygen atoms in total. The zero-order valence-corrected chi connectivity index (χ0v) is 16.5. The van der Waals surface area contributed by atoms with Crippen molar-refractivity contribution >= 4 is 29.5 Å². The molecule has 1 aromatic carbocycles. The minimum atomic E-state index is -0.552. The molecule has 5 rings (SSSR count). The SMILES string of the molecule is O=C1CCC(N2Cc3cc(CN4CCCSC45CNC5)ccc3C2=O)C(=O)N1. The van der Waals surface area contributed by atoms with Gasteiger partial charge in [-0.25, -0.2) is 0 Å². The molecule has 4 aliphatic rings. The van der Waals surface area contributed by atoms with Crippen LogP contribution in [0.5, 0.6) is 0 Å². The number of piperidine rings is 1. The van der Waals surface area contributed by atoms with Crippen molar-refractivity contribution in [1.82, 2.24) is 20.4 Å². The van der Waals surface area contributed by atoms with E-state index < -0.39 is 6.04 Å². The quantitative estimate of drug-likeness (QED) is 0.727. The Balaban J connectivity index is 1.33. The Hall–Kier alpha value is -1.90. The van der Waals surface area contributed by atoms with E-state index in [1.54, 1.807) is 4.90 Å². The smallest absolute Gasteiger partial charge is 0.255 e. The van der Waals surface area contributed by atoms with Crippen molar-refractivity contribution in [3.8, 4) is 0 Å². The fraction of sp³-hybridized carbons (Fsp3) is 0.550. The third-order valence-corrected chi connectivity index (χ3v) is 7.86. The number of nitrogens with zero attached hydrogens (tertiary/aromatic N) is 2. The van der Waals surface area contributed by atoms with E-state index in [0.29, 0.717) is 18.5 Å². The Morgan fingerprint density at radius 3 is 2.82 bits per heavy atom. The van der Waals surface area contributed by atoms with E-state index in [9.17, 15) is 14.4 Å². The van der Waals surface area contributed by atoms with Gasteiger partial charge in [-0.05, 0) is 35.8 Å². The average molecular weight is 401 g/mol. The van der Waals surface area contributed by atoms with E-state index in [1.165, 1.54) is 17.7 Å². The zero-order valence-electron chi connectivity index (χ0n) is 15.7. The molecule has 1 atom stereocenters. The maximum absolute atomic E-state index is 12.8. The number of hydrogen-bond donors (Lipinski definition) is 2. The molecule has 0 aromatic heterocycles. The molecule has 0 bridgehead atoms. The standard InChI is InChI=1S/C20H24N4O3S/c25-17-5-4-16(18(26)22-17)24-10-14-8-13(2-3-15(14)19(24)27)9-23-6-1-7-28-20(23)11-21-12-20/h2-3,8,16,21H,1,4-7,9-12H2,(H,22,25,26).